The summed E-state index contributed by atoms with van der Waals surface area (Å²) in [5, 5.41) is 8.07. The molecule has 9 heteroatoms. The van der Waals surface area contributed by atoms with Crippen LogP contribution < -0.4 is 20.3 Å². The van der Waals surface area contributed by atoms with Crippen LogP contribution in [-0.2, 0) is 10.0 Å². The number of nitrogens with one attached hydrogen (secondary N) is 3. The van der Waals surface area contributed by atoms with E-state index < -0.39 is 10.0 Å². The fourth-order valence-corrected chi connectivity index (χ4v) is 5.38. The van der Waals surface area contributed by atoms with Gasteiger partial charge >= 0.3 is 0 Å². The number of nitrogens with zero attached hydrogens (tertiary/aromatic N) is 3. The molecule has 0 radical (unpaired) electrons. The van der Waals surface area contributed by atoms with E-state index in [1.54, 1.807) is 12.1 Å². The number of hydrogen-bond donors (Lipinski definition) is 3. The number of sulfonamides is 1. The lowest BCUT2D eigenvalue weighted by molar-refractivity contribution is 0.355. The van der Waals surface area contributed by atoms with Crippen LogP contribution in [-0.4, -0.2) is 57.7 Å². The van der Waals surface area contributed by atoms with Crippen molar-refractivity contribution in [2.75, 3.05) is 37.4 Å². The van der Waals surface area contributed by atoms with Crippen LogP contribution in [0.5, 0.6) is 0 Å². The van der Waals surface area contributed by atoms with Crippen LogP contribution >= 0.6 is 0 Å². The molecule has 3 aromatic rings. The molecule has 182 valence electrons. The Hall–Kier alpha value is -2.75. The van der Waals surface area contributed by atoms with Crippen LogP contribution in [0.1, 0.15) is 31.2 Å². The van der Waals surface area contributed by atoms with Gasteiger partial charge in [0.05, 0.1) is 10.4 Å². The molecule has 1 heterocycles. The van der Waals surface area contributed by atoms with E-state index in [9.17, 15) is 8.42 Å². The summed E-state index contributed by atoms with van der Waals surface area (Å²) < 4.78 is 27.5. The van der Waals surface area contributed by atoms with Crippen molar-refractivity contribution >= 4 is 32.7 Å². The van der Waals surface area contributed by atoms with E-state index in [4.69, 9.17) is 9.97 Å². The molecule has 2 aromatic carbocycles. The fraction of sp³-hybridized carbons (Fsp3) is 0.440. The molecule has 8 nitrogen and oxygen atoms in total. The van der Waals surface area contributed by atoms with Gasteiger partial charge in [0.25, 0.3) is 0 Å². The molecule has 3 N–H and O–H groups in total. The Morgan fingerprint density at radius 3 is 2.29 bits per heavy atom. The van der Waals surface area contributed by atoms with Gasteiger partial charge < -0.3 is 15.5 Å². The fourth-order valence-electron chi connectivity index (χ4n) is 4.35. The van der Waals surface area contributed by atoms with Crippen LogP contribution in [0.4, 0.5) is 11.8 Å². The monoisotopic (exact) mass is 482 g/mol. The maximum atomic E-state index is 12.4. The maximum absolute atomic E-state index is 12.4. The first-order valence-electron chi connectivity index (χ1n) is 11.8. The second-order valence-electron chi connectivity index (χ2n) is 9.14. The molecule has 0 amide bonds. The number of fused-ring (bicyclic) bond motifs is 1. The first kappa shape index (κ1) is 24.4. The Morgan fingerprint density at radius 2 is 1.59 bits per heavy atom. The van der Waals surface area contributed by atoms with E-state index in [-0.39, 0.29) is 0 Å². The topological polar surface area (TPSA) is 99.2 Å². The summed E-state index contributed by atoms with van der Waals surface area (Å²) in [6, 6.07) is 15.7. The number of aromatic nitrogens is 2. The van der Waals surface area contributed by atoms with E-state index in [1.807, 2.05) is 62.3 Å². The van der Waals surface area contributed by atoms with Crippen LogP contribution in [0, 0.1) is 6.92 Å². The summed E-state index contributed by atoms with van der Waals surface area (Å²) in [5.41, 5.74) is 1.98. The molecule has 1 saturated carbocycles. The molecule has 0 bridgehead atoms. The standard InChI is InChI=1S/C25H34N6O2S/c1-18-8-14-21(15-9-18)34(32,33)27-17-16-26-19-10-12-20(13-11-19)28-25-29-23-7-5-4-6-22(23)24(30-25)31(2)3/h4-9,14-15,19-20,26-27H,10-13,16-17H2,1-3H3,(H,28,29,30). The van der Waals surface area contributed by atoms with Crippen molar-refractivity contribution in [2.24, 2.45) is 0 Å². The van der Waals surface area contributed by atoms with Crippen LogP contribution in [0.3, 0.4) is 0 Å². The lowest BCUT2D eigenvalue weighted by Crippen LogP contribution is -2.40. The Balaban J connectivity index is 1.24. The Morgan fingerprint density at radius 1 is 0.912 bits per heavy atom. The van der Waals surface area contributed by atoms with E-state index in [2.05, 4.69) is 15.4 Å². The predicted octanol–water partition coefficient (Wildman–Crippen LogP) is 3.30. The molecule has 0 atom stereocenters. The van der Waals surface area contributed by atoms with E-state index in [0.29, 0.717) is 36.0 Å². The van der Waals surface area contributed by atoms with Crippen molar-refractivity contribution in [3.8, 4) is 0 Å². The molecule has 0 unspecified atom stereocenters. The third-order valence-electron chi connectivity index (χ3n) is 6.25. The Kier molecular flexibility index (Phi) is 7.65. The lowest BCUT2D eigenvalue weighted by atomic mass is 9.91. The third-order valence-corrected chi connectivity index (χ3v) is 7.73. The van der Waals surface area contributed by atoms with Crippen molar-refractivity contribution in [1.29, 1.82) is 0 Å². The maximum Gasteiger partial charge on any atom is 0.240 e. The number of benzene rings is 2. The van der Waals surface area contributed by atoms with Crippen molar-refractivity contribution in [1.82, 2.24) is 20.0 Å². The van der Waals surface area contributed by atoms with Gasteiger partial charge in [0.1, 0.15) is 5.82 Å². The molecular formula is C25H34N6O2S. The van der Waals surface area contributed by atoms with Crippen LogP contribution in [0.2, 0.25) is 0 Å². The zero-order valence-corrected chi connectivity index (χ0v) is 20.9. The number of aryl methyl sites for hydroxylation is 1. The predicted molar refractivity (Wildman–Crippen MR) is 138 cm³/mol. The van der Waals surface area contributed by atoms with Crippen molar-refractivity contribution < 1.29 is 8.42 Å². The van der Waals surface area contributed by atoms with Gasteiger partial charge in [0.2, 0.25) is 16.0 Å². The summed E-state index contributed by atoms with van der Waals surface area (Å²) in [4.78, 5) is 11.8. The van der Waals surface area contributed by atoms with Crippen LogP contribution in [0.25, 0.3) is 10.9 Å². The molecule has 0 saturated heterocycles. The number of anilines is 2. The number of rotatable bonds is 9. The molecule has 1 fully saturated rings. The molecule has 4 rings (SSSR count). The van der Waals surface area contributed by atoms with Crippen molar-refractivity contribution in [2.45, 2.75) is 49.6 Å². The molecule has 1 aliphatic carbocycles. The van der Waals surface area contributed by atoms with Gasteiger partial charge in [0, 0.05) is 44.7 Å². The SMILES string of the molecule is Cc1ccc(S(=O)(=O)NCCNC2CCC(Nc3nc(N(C)C)c4ccccc4n3)CC2)cc1. The minimum Gasteiger partial charge on any atom is -0.362 e. The van der Waals surface area contributed by atoms with Gasteiger partial charge in [-0.05, 0) is 56.9 Å². The largest absolute Gasteiger partial charge is 0.362 e. The van der Waals surface area contributed by atoms with Gasteiger partial charge in [0.15, 0.2) is 0 Å². The average molecular weight is 483 g/mol. The summed E-state index contributed by atoms with van der Waals surface area (Å²) in [5.74, 6) is 1.58. The van der Waals surface area contributed by atoms with E-state index >= 15 is 0 Å². The summed E-state index contributed by atoms with van der Waals surface area (Å²) in [6.07, 6.45) is 4.08. The molecule has 0 aliphatic heterocycles. The zero-order valence-electron chi connectivity index (χ0n) is 20.1. The zero-order chi connectivity index (χ0) is 24.1. The number of para-hydroxylation sites is 1. The van der Waals surface area contributed by atoms with Gasteiger partial charge in [-0.1, -0.05) is 29.8 Å². The highest BCUT2D eigenvalue weighted by Crippen LogP contribution is 2.26. The van der Waals surface area contributed by atoms with Gasteiger partial charge in [-0.25, -0.2) is 18.1 Å². The minimum atomic E-state index is -3.47. The van der Waals surface area contributed by atoms with Crippen LogP contribution in [0.15, 0.2) is 53.4 Å². The van der Waals surface area contributed by atoms with Gasteiger partial charge in [-0.15, -0.1) is 0 Å². The first-order chi connectivity index (χ1) is 16.3. The highest BCUT2D eigenvalue weighted by atomic mass is 32.2. The minimum absolute atomic E-state index is 0.304. The van der Waals surface area contributed by atoms with Crippen molar-refractivity contribution in [3.63, 3.8) is 0 Å². The highest BCUT2D eigenvalue weighted by molar-refractivity contribution is 7.89. The highest BCUT2D eigenvalue weighted by Gasteiger charge is 2.22. The van der Waals surface area contributed by atoms with E-state index in [0.717, 1.165) is 48.0 Å². The molecule has 1 aliphatic rings. The normalized spacial score (nSPS) is 18.7. The summed E-state index contributed by atoms with van der Waals surface area (Å²) in [7, 11) is 0.527. The second kappa shape index (κ2) is 10.7. The Bertz CT molecular complexity index is 1210. The first-order valence-corrected chi connectivity index (χ1v) is 13.3. The lowest BCUT2D eigenvalue weighted by Gasteiger charge is -2.30. The smallest absolute Gasteiger partial charge is 0.240 e. The summed E-state index contributed by atoms with van der Waals surface area (Å²) >= 11 is 0. The average Bonchev–Trinajstić information content (AvgIpc) is 2.82. The number of hydrogen-bond acceptors (Lipinski definition) is 7. The summed E-state index contributed by atoms with van der Waals surface area (Å²) in [6.45, 7) is 2.91. The third kappa shape index (κ3) is 6.02. The van der Waals surface area contributed by atoms with E-state index in [1.165, 1.54) is 0 Å². The molecule has 34 heavy (non-hydrogen) atoms. The Labute approximate surface area is 202 Å². The van der Waals surface area contributed by atoms with Gasteiger partial charge in [-0.2, -0.15) is 4.98 Å². The quantitative estimate of drug-likeness (QED) is 0.403. The second-order valence-corrected chi connectivity index (χ2v) is 10.9. The molecule has 1 aromatic heterocycles. The van der Waals surface area contributed by atoms with Crippen molar-refractivity contribution in [3.05, 3.63) is 54.1 Å². The molecule has 0 spiro atoms. The molecular weight excluding hydrogens is 448 g/mol. The van der Waals surface area contributed by atoms with Gasteiger partial charge in [-0.3, -0.25) is 0 Å².